The number of hydrogen-bond acceptors (Lipinski definition) is 4. The van der Waals surface area contributed by atoms with E-state index in [1.54, 1.807) is 0 Å². The highest BCUT2D eigenvalue weighted by atomic mass is 35.5. The van der Waals surface area contributed by atoms with Gasteiger partial charge < -0.3 is 4.74 Å². The van der Waals surface area contributed by atoms with E-state index in [1.165, 1.54) is 19.3 Å². The van der Waals surface area contributed by atoms with Gasteiger partial charge in [-0.3, -0.25) is 4.79 Å². The van der Waals surface area contributed by atoms with Gasteiger partial charge in [0, 0.05) is 11.5 Å². The second kappa shape index (κ2) is 7.34. The number of nitrogens with zero attached hydrogens (tertiary/aromatic N) is 1. The first kappa shape index (κ1) is 22.2. The summed E-state index contributed by atoms with van der Waals surface area (Å²) in [7, 11) is -2.95. The smallest absolute Gasteiger partial charge is 0.319 e. The third-order valence-electron chi connectivity index (χ3n) is 6.69. The molecule has 0 N–H and O–H groups in total. The fourth-order valence-electron chi connectivity index (χ4n) is 7.00. The van der Waals surface area contributed by atoms with Crippen molar-refractivity contribution < 1.29 is 22.3 Å². The van der Waals surface area contributed by atoms with Gasteiger partial charge in [0.15, 0.2) is 0 Å². The van der Waals surface area contributed by atoms with Crippen molar-refractivity contribution >= 4 is 28.0 Å². The Morgan fingerprint density at radius 1 is 1.21 bits per heavy atom. The van der Waals surface area contributed by atoms with Crippen LogP contribution in [0.2, 0.25) is 5.02 Å². The maximum atomic E-state index is 14.3. The van der Waals surface area contributed by atoms with E-state index in [4.69, 9.17) is 16.3 Å². The fourth-order valence-corrected chi connectivity index (χ4v) is 7.45. The Bertz CT molecular complexity index is 967. The molecule has 1 aromatic carbocycles. The van der Waals surface area contributed by atoms with E-state index >= 15 is 0 Å². The molecule has 2 unspecified atom stereocenters. The summed E-state index contributed by atoms with van der Waals surface area (Å²) in [5.74, 6) is -1.20. The van der Waals surface area contributed by atoms with Gasteiger partial charge >= 0.3 is 10.5 Å². The molecule has 0 heterocycles. The topological polar surface area (TPSA) is 72.8 Å². The summed E-state index contributed by atoms with van der Waals surface area (Å²) in [6, 6.07) is 2.12. The SMILES string of the molecule is C.CC12CC3CC(C)(C1)CC(COc1cc(F)c(C(=O)N=S(=O)=O)cc1Cl)(C3)C2. The minimum atomic E-state index is -2.95. The van der Waals surface area contributed by atoms with Crippen molar-refractivity contribution in [3.63, 3.8) is 0 Å². The minimum absolute atomic E-state index is 0. The second-order valence-electron chi connectivity index (χ2n) is 9.79. The van der Waals surface area contributed by atoms with Crippen LogP contribution in [0, 0.1) is 28.0 Å². The van der Waals surface area contributed by atoms with Gasteiger partial charge in [-0.1, -0.05) is 37.2 Å². The van der Waals surface area contributed by atoms with Crippen molar-refractivity contribution in [3.8, 4) is 5.75 Å². The molecule has 2 atom stereocenters. The Balaban J connectivity index is 0.00000240. The number of carbonyl (C=O) groups is 1. The van der Waals surface area contributed by atoms with Gasteiger partial charge in [0.05, 0.1) is 17.2 Å². The van der Waals surface area contributed by atoms with Gasteiger partial charge in [0.2, 0.25) is 0 Å². The first-order chi connectivity index (χ1) is 13.0. The molecule has 1 aromatic rings. The summed E-state index contributed by atoms with van der Waals surface area (Å²) in [5, 5.41) is 0.0683. The monoisotopic (exact) mass is 443 g/mol. The van der Waals surface area contributed by atoms with E-state index < -0.39 is 27.8 Å². The summed E-state index contributed by atoms with van der Waals surface area (Å²) in [6.45, 7) is 5.22. The van der Waals surface area contributed by atoms with Crippen LogP contribution in [0.25, 0.3) is 0 Å². The largest absolute Gasteiger partial charge is 0.491 e. The van der Waals surface area contributed by atoms with E-state index in [-0.39, 0.29) is 23.6 Å². The van der Waals surface area contributed by atoms with Crippen molar-refractivity contribution in [1.29, 1.82) is 0 Å². The number of hydrogen-bond donors (Lipinski definition) is 0. The van der Waals surface area contributed by atoms with Gasteiger partial charge in [-0.05, 0) is 61.3 Å². The molecule has 0 radical (unpaired) electrons. The molecule has 0 saturated heterocycles. The lowest BCUT2D eigenvalue weighted by Crippen LogP contribution is -2.56. The number of rotatable bonds is 4. The normalized spacial score (nSPS) is 34.4. The van der Waals surface area contributed by atoms with Crippen molar-refractivity contribution in [3.05, 3.63) is 28.5 Å². The number of carbonyl (C=O) groups excluding carboxylic acids is 1. The number of ether oxygens (including phenoxy) is 1. The zero-order valence-electron chi connectivity index (χ0n) is 15.9. The van der Waals surface area contributed by atoms with Crippen molar-refractivity contribution in [1.82, 2.24) is 0 Å². The molecule has 1 amide bonds. The lowest BCUT2D eigenvalue weighted by molar-refractivity contribution is -0.156. The quantitative estimate of drug-likeness (QED) is 0.598. The number of amides is 1. The Hall–Kier alpha value is -1.47. The molecular weight excluding hydrogens is 417 g/mol. The van der Waals surface area contributed by atoms with E-state index in [2.05, 4.69) is 18.2 Å². The standard InChI is InChI=1S/C20H23ClFNO4S.CH4/c1-18-5-12-6-19(2,8-18)10-20(7-12,9-18)11-27-16-4-15(22)13(3-14(16)21)17(24)23-28(25)26;/h3-4,12H,5-11H2,1-2H3;1H4. The van der Waals surface area contributed by atoms with Gasteiger partial charge in [0.1, 0.15) is 11.6 Å². The summed E-state index contributed by atoms with van der Waals surface area (Å²) in [5.41, 5.74) is 0.277. The molecule has 29 heavy (non-hydrogen) atoms. The third kappa shape index (κ3) is 4.22. The first-order valence-corrected chi connectivity index (χ1v) is 10.9. The molecule has 0 aliphatic heterocycles. The van der Waals surface area contributed by atoms with E-state index in [0.29, 0.717) is 17.4 Å². The van der Waals surface area contributed by atoms with Crippen molar-refractivity contribution in [2.24, 2.45) is 26.5 Å². The first-order valence-electron chi connectivity index (χ1n) is 9.48. The summed E-state index contributed by atoms with van der Waals surface area (Å²) >= 11 is 6.18. The second-order valence-corrected chi connectivity index (χ2v) is 10.8. The van der Waals surface area contributed by atoms with Crippen LogP contribution < -0.4 is 4.74 Å². The number of benzene rings is 1. The predicted octanol–water partition coefficient (Wildman–Crippen LogP) is 5.69. The van der Waals surface area contributed by atoms with Crippen LogP contribution in [0.1, 0.15) is 70.2 Å². The van der Waals surface area contributed by atoms with Crippen LogP contribution in [-0.4, -0.2) is 20.9 Å². The molecule has 8 heteroatoms. The number of halogens is 2. The average Bonchev–Trinajstić information content (AvgIpc) is 2.51. The zero-order valence-corrected chi connectivity index (χ0v) is 17.5. The molecule has 4 bridgehead atoms. The molecule has 4 aliphatic carbocycles. The van der Waals surface area contributed by atoms with Crippen molar-refractivity contribution in [2.75, 3.05) is 6.61 Å². The van der Waals surface area contributed by atoms with Gasteiger partial charge in [0.25, 0.3) is 5.91 Å². The molecule has 160 valence electrons. The van der Waals surface area contributed by atoms with Gasteiger partial charge in [-0.25, -0.2) is 4.39 Å². The molecule has 4 aliphatic rings. The molecular formula is C21H27ClFNO4S. The maximum Gasteiger partial charge on any atom is 0.319 e. The lowest BCUT2D eigenvalue weighted by atomic mass is 9.40. The fraction of sp³-hybridized carbons (Fsp3) is 0.667. The van der Waals surface area contributed by atoms with Crippen LogP contribution in [0.5, 0.6) is 5.75 Å². The highest BCUT2D eigenvalue weighted by Crippen LogP contribution is 2.69. The van der Waals surface area contributed by atoms with Crippen LogP contribution in [0.3, 0.4) is 0 Å². The highest BCUT2D eigenvalue weighted by Gasteiger charge is 2.60. The van der Waals surface area contributed by atoms with Gasteiger partial charge in [-0.15, -0.1) is 0 Å². The Kier molecular flexibility index (Phi) is 5.63. The Morgan fingerprint density at radius 3 is 2.38 bits per heavy atom. The van der Waals surface area contributed by atoms with E-state index in [1.807, 2.05) is 0 Å². The summed E-state index contributed by atoms with van der Waals surface area (Å²) in [4.78, 5) is 11.7. The Morgan fingerprint density at radius 2 is 1.83 bits per heavy atom. The van der Waals surface area contributed by atoms with E-state index in [9.17, 15) is 17.6 Å². The minimum Gasteiger partial charge on any atom is -0.491 e. The maximum absolute atomic E-state index is 14.3. The van der Waals surface area contributed by atoms with Crippen molar-refractivity contribution in [2.45, 2.75) is 59.8 Å². The summed E-state index contributed by atoms with van der Waals surface area (Å²) < 4.78 is 44.2. The molecule has 5 rings (SSSR count). The summed E-state index contributed by atoms with van der Waals surface area (Å²) in [6.07, 6.45) is 7.16. The van der Waals surface area contributed by atoms with Gasteiger partial charge in [-0.2, -0.15) is 8.42 Å². The molecule has 0 aromatic heterocycles. The Labute approximate surface area is 177 Å². The lowest BCUT2D eigenvalue weighted by Gasteiger charge is -2.65. The average molecular weight is 444 g/mol. The zero-order chi connectivity index (χ0) is 20.3. The molecule has 4 fully saturated rings. The van der Waals surface area contributed by atoms with Crippen LogP contribution in [-0.2, 0) is 10.5 Å². The van der Waals surface area contributed by atoms with Crippen LogP contribution in [0.4, 0.5) is 4.39 Å². The van der Waals surface area contributed by atoms with Crippen LogP contribution in [0.15, 0.2) is 16.5 Å². The predicted molar refractivity (Wildman–Crippen MR) is 109 cm³/mol. The molecule has 4 saturated carbocycles. The molecule has 0 spiro atoms. The third-order valence-corrected chi connectivity index (χ3v) is 7.30. The highest BCUT2D eigenvalue weighted by molar-refractivity contribution is 7.62. The van der Waals surface area contributed by atoms with Crippen LogP contribution >= 0.6 is 11.6 Å². The van der Waals surface area contributed by atoms with E-state index in [0.717, 1.165) is 37.3 Å². The molecule has 5 nitrogen and oxygen atoms in total.